The number of aliphatic hydroxyl groups is 1. The van der Waals surface area contributed by atoms with Gasteiger partial charge in [0.05, 0.1) is 12.6 Å². The van der Waals surface area contributed by atoms with Crippen molar-refractivity contribution < 1.29 is 14.6 Å². The van der Waals surface area contributed by atoms with Gasteiger partial charge in [0.25, 0.3) is 0 Å². The van der Waals surface area contributed by atoms with Gasteiger partial charge in [-0.25, -0.2) is 0 Å². The zero-order valence-electron chi connectivity index (χ0n) is 9.69. The Labute approximate surface area is 99.2 Å². The van der Waals surface area contributed by atoms with Gasteiger partial charge in [0.15, 0.2) is 0 Å². The number of nitrogens with one attached hydrogen (secondary N) is 1. The number of thiophene rings is 1. The fraction of sp³-hybridized carbons (Fsp3) is 0.545. The molecule has 16 heavy (non-hydrogen) atoms. The molecule has 0 aliphatic heterocycles. The van der Waals surface area contributed by atoms with Crippen LogP contribution in [-0.2, 0) is 9.53 Å². The van der Waals surface area contributed by atoms with Crippen LogP contribution in [0.15, 0.2) is 11.4 Å². The summed E-state index contributed by atoms with van der Waals surface area (Å²) in [5, 5.41) is 14.0. The monoisotopic (exact) mass is 243 g/mol. The maximum absolute atomic E-state index is 11.0. The molecule has 5 heteroatoms. The van der Waals surface area contributed by atoms with Crippen molar-refractivity contribution in [1.82, 2.24) is 5.32 Å². The molecule has 1 heterocycles. The average molecular weight is 243 g/mol. The minimum atomic E-state index is -0.402. The van der Waals surface area contributed by atoms with E-state index in [1.54, 1.807) is 18.4 Å². The molecule has 0 bridgehead atoms. The van der Waals surface area contributed by atoms with Crippen molar-refractivity contribution in [3.63, 3.8) is 0 Å². The molecule has 0 aliphatic rings. The molecule has 4 nitrogen and oxygen atoms in total. The van der Waals surface area contributed by atoms with E-state index in [2.05, 4.69) is 5.32 Å². The summed E-state index contributed by atoms with van der Waals surface area (Å²) >= 11 is 1.57. The summed E-state index contributed by atoms with van der Waals surface area (Å²) in [4.78, 5) is 12.0. The normalized spacial score (nSPS) is 14.5. The molecule has 0 aromatic carbocycles. The zero-order valence-corrected chi connectivity index (χ0v) is 10.5. The van der Waals surface area contributed by atoms with Crippen LogP contribution in [0.4, 0.5) is 0 Å². The Morgan fingerprint density at radius 3 is 2.75 bits per heavy atom. The lowest BCUT2D eigenvalue weighted by molar-refractivity contribution is -0.121. The molecule has 2 N–H and O–H groups in total. The molecule has 1 rings (SSSR count). The number of carbonyl (C=O) groups excluding carboxylic acids is 1. The number of hydrogen-bond acceptors (Lipinski definition) is 4. The number of carbonyl (C=O) groups is 1. The minimum absolute atomic E-state index is 0.144. The number of aryl methyl sites for hydroxylation is 1. The van der Waals surface area contributed by atoms with Gasteiger partial charge >= 0.3 is 0 Å². The summed E-state index contributed by atoms with van der Waals surface area (Å²) in [5.74, 6) is -0.172. The fourth-order valence-electron chi connectivity index (χ4n) is 1.56. The van der Waals surface area contributed by atoms with Gasteiger partial charge in [-0.2, -0.15) is 0 Å². The summed E-state index contributed by atoms with van der Waals surface area (Å²) in [5.41, 5.74) is 1.15. The van der Waals surface area contributed by atoms with E-state index >= 15 is 0 Å². The molecular formula is C11H17NO3S. The molecule has 0 aliphatic carbocycles. The Balaban J connectivity index is 2.82. The second kappa shape index (κ2) is 5.98. The number of rotatable bonds is 5. The topological polar surface area (TPSA) is 58.6 Å². The number of amides is 1. The van der Waals surface area contributed by atoms with Crippen molar-refractivity contribution in [2.45, 2.75) is 26.0 Å². The molecule has 0 saturated heterocycles. The standard InChI is InChI=1S/C11H17NO3S/c1-7-4-10(16-6-7)11(15-3)9(5-13)12-8(2)14/h4,6,9,11,13H,5H2,1-3H3,(H,12,14)/t9-,11-/m0/s1. The minimum Gasteiger partial charge on any atom is -0.394 e. The number of ether oxygens (including phenoxy) is 1. The SMILES string of the molecule is CO[C@H](c1cc(C)cs1)[C@H](CO)NC(C)=O. The van der Waals surface area contributed by atoms with Crippen molar-refractivity contribution in [1.29, 1.82) is 0 Å². The summed E-state index contributed by atoms with van der Waals surface area (Å²) < 4.78 is 5.34. The van der Waals surface area contributed by atoms with E-state index in [1.807, 2.05) is 18.4 Å². The third-order valence-electron chi connectivity index (χ3n) is 2.24. The van der Waals surface area contributed by atoms with E-state index < -0.39 is 6.04 Å². The first-order valence-corrected chi connectivity index (χ1v) is 5.92. The molecule has 2 atom stereocenters. The smallest absolute Gasteiger partial charge is 0.217 e. The third kappa shape index (κ3) is 3.30. The van der Waals surface area contributed by atoms with Gasteiger partial charge in [0.2, 0.25) is 5.91 Å². The molecule has 1 aromatic rings. The number of methoxy groups -OCH3 is 1. The van der Waals surface area contributed by atoms with Crippen LogP contribution in [0.3, 0.4) is 0 Å². The summed E-state index contributed by atoms with van der Waals surface area (Å²) in [6, 6.07) is 1.60. The molecule has 1 aromatic heterocycles. The van der Waals surface area contributed by atoms with E-state index in [0.29, 0.717) is 0 Å². The molecular weight excluding hydrogens is 226 g/mol. The predicted octanol–water partition coefficient (Wildman–Crippen LogP) is 1.24. The first-order valence-electron chi connectivity index (χ1n) is 5.04. The highest BCUT2D eigenvalue weighted by Gasteiger charge is 2.24. The number of aliphatic hydroxyl groups excluding tert-OH is 1. The molecule has 90 valence electrons. The van der Waals surface area contributed by atoms with E-state index in [1.165, 1.54) is 6.92 Å². The van der Waals surface area contributed by atoms with Crippen LogP contribution in [-0.4, -0.2) is 30.8 Å². The average Bonchev–Trinajstić information content (AvgIpc) is 2.64. The van der Waals surface area contributed by atoms with Crippen LogP contribution in [0.1, 0.15) is 23.5 Å². The van der Waals surface area contributed by atoms with Gasteiger partial charge in [0, 0.05) is 18.9 Å². The lowest BCUT2D eigenvalue weighted by atomic mass is 10.1. The van der Waals surface area contributed by atoms with Crippen LogP contribution in [0.5, 0.6) is 0 Å². The molecule has 0 fully saturated rings. The van der Waals surface area contributed by atoms with Crippen LogP contribution in [0.25, 0.3) is 0 Å². The Morgan fingerprint density at radius 1 is 1.69 bits per heavy atom. The molecule has 0 unspecified atom stereocenters. The molecule has 0 saturated carbocycles. The second-order valence-corrected chi connectivity index (χ2v) is 4.62. The first-order chi connectivity index (χ1) is 7.58. The Bertz CT molecular complexity index is 351. The van der Waals surface area contributed by atoms with E-state index in [4.69, 9.17) is 4.74 Å². The van der Waals surface area contributed by atoms with Crippen LogP contribution < -0.4 is 5.32 Å². The van der Waals surface area contributed by atoms with E-state index in [-0.39, 0.29) is 18.6 Å². The zero-order chi connectivity index (χ0) is 12.1. The highest BCUT2D eigenvalue weighted by molar-refractivity contribution is 7.10. The number of hydrogen-bond donors (Lipinski definition) is 2. The molecule has 0 radical (unpaired) electrons. The molecule has 0 spiro atoms. The highest BCUT2D eigenvalue weighted by atomic mass is 32.1. The van der Waals surface area contributed by atoms with Gasteiger partial charge in [-0.1, -0.05) is 0 Å². The van der Waals surface area contributed by atoms with Gasteiger partial charge in [-0.15, -0.1) is 11.3 Å². The second-order valence-electron chi connectivity index (χ2n) is 3.67. The van der Waals surface area contributed by atoms with Gasteiger partial charge < -0.3 is 15.2 Å². The van der Waals surface area contributed by atoms with Crippen molar-refractivity contribution in [2.24, 2.45) is 0 Å². The Hall–Kier alpha value is -0.910. The maximum Gasteiger partial charge on any atom is 0.217 e. The first kappa shape index (κ1) is 13.2. The van der Waals surface area contributed by atoms with Gasteiger partial charge in [-0.05, 0) is 23.9 Å². The predicted molar refractivity (Wildman–Crippen MR) is 63.5 cm³/mol. The van der Waals surface area contributed by atoms with Crippen molar-refractivity contribution in [2.75, 3.05) is 13.7 Å². The summed E-state index contributed by atoms with van der Waals surface area (Å²) in [6.07, 6.45) is -0.299. The van der Waals surface area contributed by atoms with Crippen LogP contribution >= 0.6 is 11.3 Å². The summed E-state index contributed by atoms with van der Waals surface area (Å²) in [6.45, 7) is 3.28. The highest BCUT2D eigenvalue weighted by Crippen LogP contribution is 2.27. The van der Waals surface area contributed by atoms with Gasteiger partial charge in [-0.3, -0.25) is 4.79 Å². The lowest BCUT2D eigenvalue weighted by Crippen LogP contribution is -2.41. The van der Waals surface area contributed by atoms with Gasteiger partial charge in [0.1, 0.15) is 6.10 Å². The third-order valence-corrected chi connectivity index (χ3v) is 3.35. The maximum atomic E-state index is 11.0. The van der Waals surface area contributed by atoms with Crippen molar-refractivity contribution in [3.05, 3.63) is 21.9 Å². The van der Waals surface area contributed by atoms with Crippen LogP contribution in [0.2, 0.25) is 0 Å². The quantitative estimate of drug-likeness (QED) is 0.818. The van der Waals surface area contributed by atoms with Crippen LogP contribution in [0, 0.1) is 6.92 Å². The van der Waals surface area contributed by atoms with E-state index in [9.17, 15) is 9.90 Å². The summed E-state index contributed by atoms with van der Waals surface area (Å²) in [7, 11) is 1.57. The Morgan fingerprint density at radius 2 is 2.38 bits per heavy atom. The largest absolute Gasteiger partial charge is 0.394 e. The van der Waals surface area contributed by atoms with Crippen molar-refractivity contribution in [3.8, 4) is 0 Å². The molecule has 1 amide bonds. The Kier molecular flexibility index (Phi) is 4.92. The van der Waals surface area contributed by atoms with Crippen molar-refractivity contribution >= 4 is 17.2 Å². The van der Waals surface area contributed by atoms with E-state index in [0.717, 1.165) is 10.4 Å². The lowest BCUT2D eigenvalue weighted by Gasteiger charge is -2.23. The fourth-order valence-corrected chi connectivity index (χ4v) is 2.60.